The molecule has 4 nitrogen and oxygen atoms in total. The zero-order chi connectivity index (χ0) is 16.4. The normalized spacial score (nSPS) is 29.1. The van der Waals surface area contributed by atoms with E-state index >= 15 is 0 Å². The lowest BCUT2D eigenvalue weighted by Gasteiger charge is -2.41. The van der Waals surface area contributed by atoms with Crippen LogP contribution in [-0.2, 0) is 9.59 Å². The number of nitrogens with zero attached hydrogens (tertiary/aromatic N) is 2. The number of piperidine rings is 2. The van der Waals surface area contributed by atoms with Crippen molar-refractivity contribution in [3.05, 3.63) is 0 Å². The van der Waals surface area contributed by atoms with Crippen LogP contribution in [0.3, 0.4) is 0 Å². The predicted molar refractivity (Wildman–Crippen MR) is 91.1 cm³/mol. The molecule has 1 unspecified atom stereocenters. The van der Waals surface area contributed by atoms with E-state index in [1.807, 2.05) is 0 Å². The Balaban J connectivity index is 1.49. The van der Waals surface area contributed by atoms with E-state index in [0.717, 1.165) is 71.2 Å². The number of carbonyl (C=O) groups excluding carboxylic acids is 2. The molecule has 2 saturated heterocycles. The lowest BCUT2D eigenvalue weighted by molar-refractivity contribution is -0.139. The average Bonchev–Trinajstić information content (AvgIpc) is 2.99. The van der Waals surface area contributed by atoms with Crippen LogP contribution >= 0.6 is 0 Å². The molecule has 0 aromatic rings. The zero-order valence-electron chi connectivity index (χ0n) is 14.9. The Hall–Kier alpha value is -0.900. The third-order valence-electron chi connectivity index (χ3n) is 6.80. The second-order valence-electron chi connectivity index (χ2n) is 8.08. The fraction of sp³-hybridized carbons (Fsp3) is 0.895. The Morgan fingerprint density at radius 3 is 2.13 bits per heavy atom. The van der Waals surface area contributed by atoms with Crippen LogP contribution in [0.4, 0.5) is 0 Å². The molecule has 2 heterocycles. The minimum Gasteiger partial charge on any atom is -0.342 e. The Kier molecular flexibility index (Phi) is 5.10. The Morgan fingerprint density at radius 2 is 1.61 bits per heavy atom. The molecule has 0 aromatic carbocycles. The van der Waals surface area contributed by atoms with Gasteiger partial charge in [0.1, 0.15) is 5.78 Å². The second kappa shape index (κ2) is 6.92. The van der Waals surface area contributed by atoms with Crippen molar-refractivity contribution in [1.29, 1.82) is 0 Å². The first-order valence-corrected chi connectivity index (χ1v) is 9.54. The van der Waals surface area contributed by atoms with Gasteiger partial charge in [0, 0.05) is 24.9 Å². The van der Waals surface area contributed by atoms with Gasteiger partial charge < -0.3 is 9.80 Å². The van der Waals surface area contributed by atoms with E-state index in [1.165, 1.54) is 6.42 Å². The van der Waals surface area contributed by atoms with Crippen molar-refractivity contribution in [2.45, 2.75) is 58.8 Å². The number of likely N-dealkylation sites (tertiary alicyclic amines) is 2. The van der Waals surface area contributed by atoms with Crippen LogP contribution in [0.15, 0.2) is 0 Å². The molecule has 4 heteroatoms. The number of amides is 1. The molecule has 0 bridgehead atoms. The minimum atomic E-state index is 0.250. The van der Waals surface area contributed by atoms with Gasteiger partial charge in [-0.15, -0.1) is 0 Å². The van der Waals surface area contributed by atoms with Crippen LogP contribution in [-0.4, -0.2) is 54.2 Å². The van der Waals surface area contributed by atoms with Crippen molar-refractivity contribution in [2.24, 2.45) is 17.3 Å². The molecule has 23 heavy (non-hydrogen) atoms. The third kappa shape index (κ3) is 3.62. The highest BCUT2D eigenvalue weighted by Crippen LogP contribution is 2.49. The lowest BCUT2D eigenvalue weighted by atomic mass is 9.76. The Bertz CT molecular complexity index is 446. The summed E-state index contributed by atoms with van der Waals surface area (Å²) in [6.45, 7) is 9.02. The van der Waals surface area contributed by atoms with E-state index in [1.54, 1.807) is 6.92 Å². The lowest BCUT2D eigenvalue weighted by Crippen LogP contribution is -2.47. The summed E-state index contributed by atoms with van der Waals surface area (Å²) in [5.74, 6) is 1.30. The van der Waals surface area contributed by atoms with Gasteiger partial charge in [-0.3, -0.25) is 9.59 Å². The monoisotopic (exact) mass is 320 g/mol. The van der Waals surface area contributed by atoms with Gasteiger partial charge in [-0.2, -0.15) is 0 Å². The number of hydrogen-bond acceptors (Lipinski definition) is 3. The fourth-order valence-electron chi connectivity index (χ4n) is 4.96. The molecule has 0 radical (unpaired) electrons. The summed E-state index contributed by atoms with van der Waals surface area (Å²) in [7, 11) is 0. The topological polar surface area (TPSA) is 40.6 Å². The second-order valence-corrected chi connectivity index (χ2v) is 8.08. The highest BCUT2D eigenvalue weighted by Gasteiger charge is 2.43. The summed E-state index contributed by atoms with van der Waals surface area (Å²) in [4.78, 5) is 29.0. The van der Waals surface area contributed by atoms with E-state index in [0.29, 0.717) is 17.1 Å². The first-order valence-electron chi connectivity index (χ1n) is 9.54. The van der Waals surface area contributed by atoms with Crippen LogP contribution in [0.1, 0.15) is 58.8 Å². The maximum atomic E-state index is 12.8. The average molecular weight is 320 g/mol. The molecule has 1 saturated carbocycles. The van der Waals surface area contributed by atoms with Crippen molar-refractivity contribution in [2.75, 3.05) is 32.7 Å². The molecule has 3 fully saturated rings. The van der Waals surface area contributed by atoms with E-state index < -0.39 is 0 Å². The standard InChI is InChI=1S/C19H32N2O2/c1-3-20-10-5-16(6-11-20)18(23)21-12-8-19(9-13-21)7-4-17(14-19)15(2)22/h16-17H,3-14H2,1-2H3. The maximum Gasteiger partial charge on any atom is 0.225 e. The van der Waals surface area contributed by atoms with Gasteiger partial charge in [0.05, 0.1) is 0 Å². The molecule has 1 aliphatic carbocycles. The quantitative estimate of drug-likeness (QED) is 0.803. The van der Waals surface area contributed by atoms with Gasteiger partial charge in [0.15, 0.2) is 0 Å². The SMILES string of the molecule is CCN1CCC(C(=O)N2CCC3(CCC(C(C)=O)C3)CC2)CC1. The van der Waals surface area contributed by atoms with Crippen molar-refractivity contribution in [3.8, 4) is 0 Å². The fourth-order valence-corrected chi connectivity index (χ4v) is 4.96. The molecular weight excluding hydrogens is 288 g/mol. The third-order valence-corrected chi connectivity index (χ3v) is 6.80. The number of Topliss-reactive ketones (excluding diaryl/α,β-unsaturated/α-hetero) is 1. The van der Waals surface area contributed by atoms with E-state index in [4.69, 9.17) is 0 Å². The van der Waals surface area contributed by atoms with Crippen LogP contribution in [0.5, 0.6) is 0 Å². The number of ketones is 1. The zero-order valence-corrected chi connectivity index (χ0v) is 14.9. The molecule has 0 aromatic heterocycles. The largest absolute Gasteiger partial charge is 0.342 e. The molecule has 130 valence electrons. The summed E-state index contributed by atoms with van der Waals surface area (Å²) in [5.41, 5.74) is 0.360. The van der Waals surface area contributed by atoms with Gasteiger partial charge in [-0.1, -0.05) is 6.92 Å². The van der Waals surface area contributed by atoms with Crippen LogP contribution in [0.2, 0.25) is 0 Å². The first kappa shape index (κ1) is 16.9. The first-order chi connectivity index (χ1) is 11.0. The summed E-state index contributed by atoms with van der Waals surface area (Å²) in [5, 5.41) is 0. The molecular formula is C19H32N2O2. The minimum absolute atomic E-state index is 0.250. The van der Waals surface area contributed by atoms with E-state index in [-0.39, 0.29) is 11.8 Å². The molecule has 2 aliphatic heterocycles. The smallest absolute Gasteiger partial charge is 0.225 e. The number of rotatable bonds is 3. The number of hydrogen-bond donors (Lipinski definition) is 0. The molecule has 3 aliphatic rings. The van der Waals surface area contributed by atoms with E-state index in [9.17, 15) is 9.59 Å². The predicted octanol–water partition coefficient (Wildman–Crippen LogP) is 2.72. The van der Waals surface area contributed by atoms with E-state index in [2.05, 4.69) is 16.7 Å². The van der Waals surface area contributed by atoms with Gasteiger partial charge in [0.2, 0.25) is 5.91 Å². The van der Waals surface area contributed by atoms with Crippen molar-refractivity contribution in [3.63, 3.8) is 0 Å². The van der Waals surface area contributed by atoms with Crippen LogP contribution in [0.25, 0.3) is 0 Å². The molecule has 0 N–H and O–H groups in total. The van der Waals surface area contributed by atoms with Gasteiger partial charge >= 0.3 is 0 Å². The summed E-state index contributed by atoms with van der Waals surface area (Å²) < 4.78 is 0. The highest BCUT2D eigenvalue weighted by atomic mass is 16.2. The van der Waals surface area contributed by atoms with Gasteiger partial charge in [0.25, 0.3) is 0 Å². The molecule has 3 rings (SSSR count). The number of carbonyl (C=O) groups is 2. The maximum absolute atomic E-state index is 12.8. The van der Waals surface area contributed by atoms with Gasteiger partial charge in [-0.05, 0) is 76.9 Å². The van der Waals surface area contributed by atoms with Gasteiger partial charge in [-0.25, -0.2) is 0 Å². The molecule has 1 spiro atoms. The summed E-state index contributed by atoms with van der Waals surface area (Å²) >= 11 is 0. The Labute approximate surface area is 140 Å². The van der Waals surface area contributed by atoms with Crippen LogP contribution in [0, 0.1) is 17.3 Å². The highest BCUT2D eigenvalue weighted by molar-refractivity contribution is 5.79. The van der Waals surface area contributed by atoms with Crippen molar-refractivity contribution in [1.82, 2.24) is 9.80 Å². The molecule has 1 amide bonds. The molecule has 1 atom stereocenters. The summed E-state index contributed by atoms with van der Waals surface area (Å²) in [6.07, 6.45) is 7.60. The summed E-state index contributed by atoms with van der Waals surface area (Å²) in [6, 6.07) is 0. The Morgan fingerprint density at radius 1 is 0.957 bits per heavy atom. The van der Waals surface area contributed by atoms with Crippen LogP contribution < -0.4 is 0 Å². The van der Waals surface area contributed by atoms with Crippen molar-refractivity contribution >= 4 is 11.7 Å². The van der Waals surface area contributed by atoms with Crippen molar-refractivity contribution < 1.29 is 9.59 Å².